The normalized spacial score (nSPS) is 46.1. The van der Waals surface area contributed by atoms with Crippen LogP contribution in [-0.2, 0) is 4.74 Å². The summed E-state index contributed by atoms with van der Waals surface area (Å²) in [5.41, 5.74) is 0. The predicted molar refractivity (Wildman–Crippen MR) is 30.7 cm³/mol. The number of fused-ring (bicyclic) bond motifs is 1. The van der Waals surface area contributed by atoms with Crippen molar-refractivity contribution in [1.82, 2.24) is 4.90 Å². The molecule has 2 nitrogen and oxygen atoms in total. The molecule has 2 atom stereocenters. The molecule has 0 saturated carbocycles. The molecule has 0 spiro atoms. The van der Waals surface area contributed by atoms with Crippen LogP contribution in [0.1, 0.15) is 0 Å². The lowest BCUT2D eigenvalue weighted by atomic mass is 10.0. The number of rotatable bonds is 0. The highest BCUT2D eigenvalue weighted by atomic mass is 16.5. The van der Waals surface area contributed by atoms with E-state index < -0.39 is 0 Å². The van der Waals surface area contributed by atoms with Gasteiger partial charge in [0, 0.05) is 19.0 Å². The third kappa shape index (κ3) is 0.501. The van der Waals surface area contributed by atoms with Gasteiger partial charge in [0.25, 0.3) is 0 Å². The summed E-state index contributed by atoms with van der Waals surface area (Å²) in [6.45, 7) is 3.42. The van der Waals surface area contributed by atoms with Crippen LogP contribution in [0.4, 0.5) is 0 Å². The smallest absolute Gasteiger partial charge is 0.0764 e. The fraction of sp³-hybridized carbons (Fsp3) is 1.00. The van der Waals surface area contributed by atoms with E-state index in [1.54, 1.807) is 0 Å². The minimum absolute atomic E-state index is 0.597. The van der Waals surface area contributed by atoms with Crippen LogP contribution < -0.4 is 0 Å². The van der Waals surface area contributed by atoms with Crippen molar-refractivity contribution in [1.29, 1.82) is 0 Å². The van der Waals surface area contributed by atoms with Crippen molar-refractivity contribution in [2.75, 3.05) is 26.7 Å². The monoisotopic (exact) mass is 113 g/mol. The van der Waals surface area contributed by atoms with E-state index in [0.29, 0.717) is 6.10 Å². The number of ether oxygens (including phenoxy) is 1. The average molecular weight is 113 g/mol. The van der Waals surface area contributed by atoms with Crippen LogP contribution in [0.25, 0.3) is 0 Å². The number of nitrogens with zero attached hydrogens (tertiary/aromatic N) is 1. The fourth-order valence-electron chi connectivity index (χ4n) is 1.52. The van der Waals surface area contributed by atoms with Gasteiger partial charge < -0.3 is 9.64 Å². The molecular formula is C6H11NO. The zero-order chi connectivity index (χ0) is 5.56. The Bertz CT molecular complexity index is 92.7. The lowest BCUT2D eigenvalue weighted by molar-refractivity contribution is -0.0830. The predicted octanol–water partition coefficient (Wildman–Crippen LogP) is -0.0532. The van der Waals surface area contributed by atoms with Gasteiger partial charge in [-0.15, -0.1) is 0 Å². The Morgan fingerprint density at radius 2 is 2.38 bits per heavy atom. The summed E-state index contributed by atoms with van der Waals surface area (Å²) in [4.78, 5) is 2.34. The van der Waals surface area contributed by atoms with Crippen molar-refractivity contribution >= 4 is 0 Å². The maximum atomic E-state index is 5.28. The van der Waals surface area contributed by atoms with Crippen LogP contribution in [0.15, 0.2) is 0 Å². The Balaban J connectivity index is 2.00. The molecule has 2 aliphatic rings. The topological polar surface area (TPSA) is 12.5 Å². The molecule has 1 unspecified atom stereocenters. The maximum Gasteiger partial charge on any atom is 0.0764 e. The summed E-state index contributed by atoms with van der Waals surface area (Å²) >= 11 is 0. The Morgan fingerprint density at radius 3 is 2.62 bits per heavy atom. The molecule has 2 rings (SSSR count). The van der Waals surface area contributed by atoms with E-state index in [-0.39, 0.29) is 0 Å². The SMILES string of the molecule is CN1CC2CO[C@H]2C1. The third-order valence-corrected chi connectivity index (χ3v) is 2.09. The molecule has 0 bridgehead atoms. The van der Waals surface area contributed by atoms with Crippen LogP contribution >= 0.6 is 0 Å². The Kier molecular flexibility index (Phi) is 0.866. The Morgan fingerprint density at radius 1 is 1.50 bits per heavy atom. The van der Waals surface area contributed by atoms with Crippen LogP contribution in [0, 0.1) is 5.92 Å². The lowest BCUT2D eigenvalue weighted by Crippen LogP contribution is -2.37. The Labute approximate surface area is 49.4 Å². The van der Waals surface area contributed by atoms with Gasteiger partial charge in [0.15, 0.2) is 0 Å². The van der Waals surface area contributed by atoms with Crippen LogP contribution in [0.3, 0.4) is 0 Å². The molecule has 0 aliphatic carbocycles. The number of hydrogen-bond acceptors (Lipinski definition) is 2. The summed E-state index contributed by atoms with van der Waals surface area (Å²) in [5.74, 6) is 0.875. The summed E-state index contributed by atoms with van der Waals surface area (Å²) in [6.07, 6.45) is 0.597. The summed E-state index contributed by atoms with van der Waals surface area (Å²) < 4.78 is 5.28. The molecule has 0 aromatic rings. The first-order valence-electron chi connectivity index (χ1n) is 3.16. The molecule has 2 heteroatoms. The highest BCUT2D eigenvalue weighted by Crippen LogP contribution is 2.27. The van der Waals surface area contributed by atoms with Gasteiger partial charge in [-0.05, 0) is 7.05 Å². The average Bonchev–Trinajstić information content (AvgIpc) is 1.91. The van der Waals surface area contributed by atoms with E-state index in [2.05, 4.69) is 11.9 Å². The van der Waals surface area contributed by atoms with Gasteiger partial charge in [-0.3, -0.25) is 0 Å². The molecule has 0 amide bonds. The standard InChI is InChI=1S/C6H11NO/c1-7-2-5-4-8-6(5)3-7/h5-6H,2-4H2,1H3/t5?,6-/m0/s1. The van der Waals surface area contributed by atoms with Crippen molar-refractivity contribution in [2.24, 2.45) is 5.92 Å². The van der Waals surface area contributed by atoms with E-state index in [0.717, 1.165) is 19.1 Å². The van der Waals surface area contributed by atoms with Gasteiger partial charge in [0.2, 0.25) is 0 Å². The fourth-order valence-corrected chi connectivity index (χ4v) is 1.52. The third-order valence-electron chi connectivity index (χ3n) is 2.09. The molecule has 0 aromatic carbocycles. The minimum Gasteiger partial charge on any atom is -0.376 e. The van der Waals surface area contributed by atoms with Crippen molar-refractivity contribution in [3.8, 4) is 0 Å². The van der Waals surface area contributed by atoms with Gasteiger partial charge in [-0.1, -0.05) is 0 Å². The first-order chi connectivity index (χ1) is 3.86. The highest BCUT2D eigenvalue weighted by Gasteiger charge is 2.38. The van der Waals surface area contributed by atoms with E-state index in [4.69, 9.17) is 4.74 Å². The summed E-state index contributed by atoms with van der Waals surface area (Å²) in [7, 11) is 2.15. The number of likely N-dealkylation sites (N-methyl/N-ethyl adjacent to an activating group) is 1. The number of likely N-dealkylation sites (tertiary alicyclic amines) is 1. The quantitative estimate of drug-likeness (QED) is 0.436. The molecule has 2 heterocycles. The van der Waals surface area contributed by atoms with Gasteiger partial charge in [0.1, 0.15) is 0 Å². The molecule has 2 fully saturated rings. The minimum atomic E-state index is 0.597. The first-order valence-corrected chi connectivity index (χ1v) is 3.16. The largest absolute Gasteiger partial charge is 0.376 e. The van der Waals surface area contributed by atoms with Gasteiger partial charge in [-0.2, -0.15) is 0 Å². The van der Waals surface area contributed by atoms with Gasteiger partial charge in [-0.25, -0.2) is 0 Å². The molecule has 46 valence electrons. The van der Waals surface area contributed by atoms with E-state index in [1.807, 2.05) is 0 Å². The summed E-state index contributed by atoms with van der Waals surface area (Å²) in [5, 5.41) is 0. The molecular weight excluding hydrogens is 102 g/mol. The van der Waals surface area contributed by atoms with Gasteiger partial charge in [0.05, 0.1) is 12.7 Å². The lowest BCUT2D eigenvalue weighted by Gasteiger charge is -2.29. The van der Waals surface area contributed by atoms with E-state index in [1.165, 1.54) is 6.54 Å². The van der Waals surface area contributed by atoms with E-state index in [9.17, 15) is 0 Å². The summed E-state index contributed by atoms with van der Waals surface area (Å²) in [6, 6.07) is 0. The van der Waals surface area contributed by atoms with Crippen LogP contribution in [0.5, 0.6) is 0 Å². The first kappa shape index (κ1) is 4.77. The second-order valence-corrected chi connectivity index (χ2v) is 2.85. The van der Waals surface area contributed by atoms with Crippen LogP contribution in [0.2, 0.25) is 0 Å². The van der Waals surface area contributed by atoms with Gasteiger partial charge >= 0.3 is 0 Å². The van der Waals surface area contributed by atoms with Crippen molar-refractivity contribution < 1.29 is 4.74 Å². The highest BCUT2D eigenvalue weighted by molar-refractivity contribution is 4.89. The second-order valence-electron chi connectivity index (χ2n) is 2.85. The van der Waals surface area contributed by atoms with Crippen molar-refractivity contribution in [3.05, 3.63) is 0 Å². The van der Waals surface area contributed by atoms with Crippen LogP contribution in [-0.4, -0.2) is 37.7 Å². The van der Waals surface area contributed by atoms with E-state index >= 15 is 0 Å². The van der Waals surface area contributed by atoms with Crippen molar-refractivity contribution in [2.45, 2.75) is 6.10 Å². The maximum absolute atomic E-state index is 5.28. The molecule has 8 heavy (non-hydrogen) atoms. The Hall–Kier alpha value is -0.0800. The number of hydrogen-bond donors (Lipinski definition) is 0. The zero-order valence-corrected chi connectivity index (χ0v) is 5.13. The molecule has 0 radical (unpaired) electrons. The molecule has 2 saturated heterocycles. The second kappa shape index (κ2) is 1.45. The van der Waals surface area contributed by atoms with Crippen molar-refractivity contribution in [3.63, 3.8) is 0 Å². The zero-order valence-electron chi connectivity index (χ0n) is 5.13. The molecule has 2 aliphatic heterocycles. The molecule has 0 aromatic heterocycles. The molecule has 0 N–H and O–H groups in total.